The molecule has 0 saturated heterocycles. The van der Waals surface area contributed by atoms with E-state index in [4.69, 9.17) is 9.47 Å². The number of nitrogens with zero attached hydrogens (tertiary/aromatic N) is 1. The predicted molar refractivity (Wildman–Crippen MR) is 105 cm³/mol. The van der Waals surface area contributed by atoms with Crippen LogP contribution in [0.25, 0.3) is 5.57 Å². The zero-order valence-corrected chi connectivity index (χ0v) is 16.2. The Balaban J connectivity index is 1.89. The lowest BCUT2D eigenvalue weighted by Crippen LogP contribution is -2.17. The lowest BCUT2D eigenvalue weighted by Gasteiger charge is -2.26. The van der Waals surface area contributed by atoms with Gasteiger partial charge in [0.05, 0.1) is 18.5 Å². The number of hydrogen-bond acceptors (Lipinski definition) is 4. The molecule has 1 heterocycles. The number of hydrogen-bond donors (Lipinski definition) is 0. The first-order valence-electron chi connectivity index (χ1n) is 9.22. The molecule has 140 valence electrons. The second kappa shape index (κ2) is 9.48. The maximum atomic E-state index is 11.1. The fourth-order valence-electron chi connectivity index (χ4n) is 2.44. The third kappa shape index (κ3) is 5.67. The number of Topliss-reactive ketones (excluding diaryl/α,β-unsaturated/α-hetero) is 1. The highest BCUT2D eigenvalue weighted by molar-refractivity contribution is 5.79. The molecule has 0 aromatic carbocycles. The van der Waals surface area contributed by atoms with Gasteiger partial charge in [-0.05, 0) is 23.6 Å². The van der Waals surface area contributed by atoms with Crippen LogP contribution in [-0.2, 0) is 9.53 Å². The Morgan fingerprint density at radius 3 is 2.69 bits per heavy atom. The van der Waals surface area contributed by atoms with Crippen molar-refractivity contribution in [3.05, 3.63) is 54.4 Å². The summed E-state index contributed by atoms with van der Waals surface area (Å²) in [6, 6.07) is 3.86. The van der Waals surface area contributed by atoms with Crippen molar-refractivity contribution in [3.63, 3.8) is 0 Å². The van der Waals surface area contributed by atoms with Gasteiger partial charge in [-0.25, -0.2) is 0 Å². The summed E-state index contributed by atoms with van der Waals surface area (Å²) in [4.78, 5) is 15.6. The number of ether oxygens (including phenoxy) is 2. The van der Waals surface area contributed by atoms with Gasteiger partial charge in [0.2, 0.25) is 0 Å². The molecule has 1 aliphatic rings. The number of pyridine rings is 1. The Bertz CT molecular complexity index is 686. The summed E-state index contributed by atoms with van der Waals surface area (Å²) in [5.41, 5.74) is 2.05. The van der Waals surface area contributed by atoms with E-state index in [9.17, 15) is 4.79 Å². The quantitative estimate of drug-likeness (QED) is 0.606. The van der Waals surface area contributed by atoms with Gasteiger partial charge in [-0.2, -0.15) is 0 Å². The Labute approximate surface area is 156 Å². The maximum Gasteiger partial charge on any atom is 0.158 e. The third-order valence-electron chi connectivity index (χ3n) is 4.78. The van der Waals surface area contributed by atoms with E-state index >= 15 is 0 Å². The van der Waals surface area contributed by atoms with Crippen molar-refractivity contribution < 1.29 is 14.3 Å². The lowest BCUT2D eigenvalue weighted by molar-refractivity contribution is -0.123. The summed E-state index contributed by atoms with van der Waals surface area (Å²) >= 11 is 0. The van der Waals surface area contributed by atoms with Crippen molar-refractivity contribution in [1.82, 2.24) is 4.98 Å². The summed E-state index contributed by atoms with van der Waals surface area (Å²) in [5, 5.41) is 0. The van der Waals surface area contributed by atoms with Crippen LogP contribution in [0.4, 0.5) is 0 Å². The Kier molecular flexibility index (Phi) is 7.34. The molecule has 4 heteroatoms. The molecule has 4 nitrogen and oxygen atoms in total. The zero-order valence-electron chi connectivity index (χ0n) is 16.2. The van der Waals surface area contributed by atoms with Crippen molar-refractivity contribution in [2.24, 2.45) is 11.3 Å². The molecule has 0 amide bonds. The van der Waals surface area contributed by atoms with Crippen molar-refractivity contribution in [2.75, 3.05) is 19.8 Å². The number of carbonyl (C=O) groups is 1. The summed E-state index contributed by atoms with van der Waals surface area (Å²) in [7, 11) is 0. The monoisotopic (exact) mass is 355 g/mol. The second-order valence-electron chi connectivity index (χ2n) is 7.01. The third-order valence-corrected chi connectivity index (χ3v) is 4.78. The normalized spacial score (nSPS) is 19.3. The molecule has 1 aromatic heterocycles. The fourth-order valence-corrected chi connectivity index (χ4v) is 2.44. The first kappa shape index (κ1) is 20.1. The van der Waals surface area contributed by atoms with E-state index in [0.717, 1.165) is 11.3 Å². The van der Waals surface area contributed by atoms with Crippen LogP contribution in [0.3, 0.4) is 0 Å². The standard InChI is InChI=1S/C22H29NO3/c1-5-19(24)16-25-13-14-26-20-8-9-21(23-15-20)18-7-6-11-22(4,12-10-18)17(2)3/h6-12,15,17H,5,13-14,16H2,1-4H3. The molecule has 26 heavy (non-hydrogen) atoms. The van der Waals surface area contributed by atoms with E-state index < -0.39 is 0 Å². The summed E-state index contributed by atoms with van der Waals surface area (Å²) in [6.45, 7) is 9.46. The van der Waals surface area contributed by atoms with Crippen LogP contribution in [-0.4, -0.2) is 30.6 Å². The van der Waals surface area contributed by atoms with Gasteiger partial charge in [-0.3, -0.25) is 9.78 Å². The van der Waals surface area contributed by atoms with Crippen molar-refractivity contribution in [3.8, 4) is 5.75 Å². The van der Waals surface area contributed by atoms with E-state index in [1.165, 1.54) is 0 Å². The average Bonchev–Trinajstić information content (AvgIpc) is 2.84. The molecule has 0 spiro atoms. The van der Waals surface area contributed by atoms with Gasteiger partial charge in [0.25, 0.3) is 0 Å². The van der Waals surface area contributed by atoms with Crippen molar-refractivity contribution in [1.29, 1.82) is 0 Å². The number of aromatic nitrogens is 1. The van der Waals surface area contributed by atoms with Gasteiger partial charge < -0.3 is 9.47 Å². The molecule has 0 bridgehead atoms. The molecule has 1 aromatic rings. The number of carbonyl (C=O) groups excluding carboxylic acids is 1. The van der Waals surface area contributed by atoms with E-state index in [2.05, 4.69) is 56.1 Å². The van der Waals surface area contributed by atoms with E-state index in [0.29, 0.717) is 31.3 Å². The maximum absolute atomic E-state index is 11.1. The Morgan fingerprint density at radius 2 is 2.04 bits per heavy atom. The minimum atomic E-state index is 0.0560. The van der Waals surface area contributed by atoms with Crippen LogP contribution in [0, 0.1) is 11.3 Å². The predicted octanol–water partition coefficient (Wildman–Crippen LogP) is 4.63. The Morgan fingerprint density at radius 1 is 1.23 bits per heavy atom. The molecule has 0 saturated carbocycles. The topological polar surface area (TPSA) is 48.4 Å². The zero-order chi connectivity index (χ0) is 19.0. The molecule has 1 aliphatic carbocycles. The van der Waals surface area contributed by atoms with Gasteiger partial charge in [-0.15, -0.1) is 0 Å². The molecule has 1 atom stereocenters. The highest BCUT2D eigenvalue weighted by Gasteiger charge is 2.22. The van der Waals surface area contributed by atoms with Gasteiger partial charge in [0.15, 0.2) is 5.78 Å². The largest absolute Gasteiger partial charge is 0.490 e. The molecule has 0 radical (unpaired) electrons. The highest BCUT2D eigenvalue weighted by Crippen LogP contribution is 2.33. The lowest BCUT2D eigenvalue weighted by atomic mass is 9.79. The molecule has 0 N–H and O–H groups in total. The number of rotatable bonds is 9. The molecule has 2 rings (SSSR count). The number of ketones is 1. The molecule has 0 aliphatic heterocycles. The van der Waals surface area contributed by atoms with Gasteiger partial charge in [0.1, 0.15) is 19.0 Å². The average molecular weight is 355 g/mol. The van der Waals surface area contributed by atoms with E-state index in [1.807, 2.05) is 19.1 Å². The molecular formula is C22H29NO3. The van der Waals surface area contributed by atoms with E-state index in [1.54, 1.807) is 6.20 Å². The Hall–Kier alpha value is -2.20. The minimum absolute atomic E-state index is 0.0560. The summed E-state index contributed by atoms with van der Waals surface area (Å²) in [5.74, 6) is 1.32. The summed E-state index contributed by atoms with van der Waals surface area (Å²) < 4.78 is 10.9. The van der Waals surface area contributed by atoms with Gasteiger partial charge in [-0.1, -0.05) is 58.1 Å². The van der Waals surface area contributed by atoms with E-state index in [-0.39, 0.29) is 17.8 Å². The number of allylic oxidation sites excluding steroid dienone is 6. The van der Waals surface area contributed by atoms with Crippen molar-refractivity contribution in [2.45, 2.75) is 34.1 Å². The second-order valence-corrected chi connectivity index (χ2v) is 7.01. The van der Waals surface area contributed by atoms with Crippen LogP contribution >= 0.6 is 0 Å². The highest BCUT2D eigenvalue weighted by atomic mass is 16.5. The molecule has 0 fully saturated rings. The van der Waals surface area contributed by atoms with Crippen molar-refractivity contribution >= 4 is 11.4 Å². The van der Waals surface area contributed by atoms with Crippen LogP contribution in [0.15, 0.2) is 48.7 Å². The first-order chi connectivity index (χ1) is 12.4. The fraction of sp³-hybridized carbons (Fsp3) is 0.455. The van der Waals surface area contributed by atoms with Crippen LogP contribution in [0.1, 0.15) is 39.8 Å². The summed E-state index contributed by atoms with van der Waals surface area (Å²) in [6.07, 6.45) is 13.0. The van der Waals surface area contributed by atoms with Crippen LogP contribution in [0.2, 0.25) is 0 Å². The minimum Gasteiger partial charge on any atom is -0.490 e. The van der Waals surface area contributed by atoms with Crippen LogP contribution in [0.5, 0.6) is 5.75 Å². The first-order valence-corrected chi connectivity index (χ1v) is 9.22. The molecular weight excluding hydrogens is 326 g/mol. The van der Waals surface area contributed by atoms with Gasteiger partial charge in [0, 0.05) is 11.8 Å². The van der Waals surface area contributed by atoms with Crippen LogP contribution < -0.4 is 4.74 Å². The smallest absolute Gasteiger partial charge is 0.158 e. The molecule has 1 unspecified atom stereocenters. The van der Waals surface area contributed by atoms with Gasteiger partial charge >= 0.3 is 0 Å². The SMILES string of the molecule is CCC(=O)COCCOc1ccc(C2=CC=CC(C)(C(C)C)C=C2)nc1.